The third kappa shape index (κ3) is 4.21. The molecule has 0 atom stereocenters. The van der Waals surface area contributed by atoms with Crippen LogP contribution in [0.4, 0.5) is 17.1 Å². The van der Waals surface area contributed by atoms with Gasteiger partial charge in [0.1, 0.15) is 16.7 Å². The molecule has 0 saturated carbocycles. The van der Waals surface area contributed by atoms with Crippen LogP contribution in [0.25, 0.3) is 66.1 Å². The van der Waals surface area contributed by atoms with E-state index in [9.17, 15) is 0 Å². The van der Waals surface area contributed by atoms with E-state index in [-0.39, 0.29) is 0 Å². The number of para-hydroxylation sites is 2. The minimum Gasteiger partial charge on any atom is -0.456 e. The molecule has 0 amide bonds. The molecule has 9 rings (SSSR count). The van der Waals surface area contributed by atoms with Crippen LogP contribution in [-0.4, -0.2) is 0 Å². The first-order chi connectivity index (χ1) is 22.3. The Morgan fingerprint density at radius 1 is 0.356 bits per heavy atom. The molecule has 0 saturated heterocycles. The summed E-state index contributed by atoms with van der Waals surface area (Å²) in [5.74, 6) is 0. The molecule has 212 valence electrons. The quantitative estimate of drug-likeness (QED) is 0.204. The van der Waals surface area contributed by atoms with Gasteiger partial charge in [0.15, 0.2) is 5.58 Å². The fourth-order valence-corrected chi connectivity index (χ4v) is 6.57. The normalized spacial score (nSPS) is 11.6. The Hall–Kier alpha value is -6.06. The zero-order chi connectivity index (χ0) is 29.7. The standard InChI is InChI=1S/C42H27NO2/c1-4-12-28(13-5-1)30-20-22-33(23-21-30)43(32-16-8-3-9-17-32)36-27-31(29-14-6-2-7-15-29)26-35-41-39(45-42(35)36)25-24-38-40(41)34-18-10-11-19-37(34)44-38/h1-27H. The zero-order valence-electron chi connectivity index (χ0n) is 24.4. The molecule has 0 fully saturated rings. The monoisotopic (exact) mass is 577 g/mol. The summed E-state index contributed by atoms with van der Waals surface area (Å²) in [6.07, 6.45) is 0. The summed E-state index contributed by atoms with van der Waals surface area (Å²) in [5.41, 5.74) is 11.1. The van der Waals surface area contributed by atoms with E-state index < -0.39 is 0 Å². The van der Waals surface area contributed by atoms with Crippen LogP contribution in [-0.2, 0) is 0 Å². The summed E-state index contributed by atoms with van der Waals surface area (Å²) in [7, 11) is 0. The van der Waals surface area contributed by atoms with Gasteiger partial charge in [0.2, 0.25) is 0 Å². The van der Waals surface area contributed by atoms with E-state index in [1.54, 1.807) is 0 Å². The SMILES string of the molecule is c1ccc(-c2ccc(N(c3ccccc3)c3cc(-c4ccccc4)cc4c3oc3ccc5oc6ccccc6c5c34)cc2)cc1. The number of rotatable bonds is 5. The number of hydrogen-bond acceptors (Lipinski definition) is 3. The summed E-state index contributed by atoms with van der Waals surface area (Å²) >= 11 is 0. The number of fused-ring (bicyclic) bond motifs is 7. The lowest BCUT2D eigenvalue weighted by atomic mass is 9.98. The Bertz CT molecular complexity index is 2460. The van der Waals surface area contributed by atoms with Crippen LogP contribution < -0.4 is 4.90 Å². The van der Waals surface area contributed by atoms with E-state index in [1.807, 2.05) is 30.3 Å². The number of furan rings is 2. The molecule has 2 aromatic heterocycles. The van der Waals surface area contributed by atoms with E-state index in [0.29, 0.717) is 0 Å². The van der Waals surface area contributed by atoms with Crippen molar-refractivity contribution in [3.63, 3.8) is 0 Å². The highest BCUT2D eigenvalue weighted by atomic mass is 16.3. The molecule has 45 heavy (non-hydrogen) atoms. The van der Waals surface area contributed by atoms with Crippen LogP contribution in [0.15, 0.2) is 173 Å². The first kappa shape index (κ1) is 25.4. The predicted molar refractivity (Wildman–Crippen MR) is 187 cm³/mol. The summed E-state index contributed by atoms with van der Waals surface area (Å²) in [4.78, 5) is 2.30. The van der Waals surface area contributed by atoms with Crippen molar-refractivity contribution < 1.29 is 8.83 Å². The summed E-state index contributed by atoms with van der Waals surface area (Å²) < 4.78 is 13.1. The fraction of sp³-hybridized carbons (Fsp3) is 0. The lowest BCUT2D eigenvalue weighted by Gasteiger charge is -2.26. The molecule has 7 aromatic carbocycles. The lowest BCUT2D eigenvalue weighted by Crippen LogP contribution is -2.10. The van der Waals surface area contributed by atoms with Gasteiger partial charge in [0, 0.05) is 32.9 Å². The third-order valence-corrected chi connectivity index (χ3v) is 8.65. The Kier molecular flexibility index (Phi) is 5.82. The van der Waals surface area contributed by atoms with Gasteiger partial charge in [-0.05, 0) is 76.9 Å². The average molecular weight is 578 g/mol. The van der Waals surface area contributed by atoms with Crippen molar-refractivity contribution in [1.82, 2.24) is 0 Å². The molecule has 0 spiro atoms. The molecule has 3 heteroatoms. The smallest absolute Gasteiger partial charge is 0.159 e. The molecule has 0 radical (unpaired) electrons. The molecule has 0 N–H and O–H groups in total. The van der Waals surface area contributed by atoms with Gasteiger partial charge in [0.25, 0.3) is 0 Å². The van der Waals surface area contributed by atoms with Gasteiger partial charge in [-0.1, -0.05) is 109 Å². The number of benzene rings is 7. The zero-order valence-corrected chi connectivity index (χ0v) is 24.4. The van der Waals surface area contributed by atoms with Crippen LogP contribution in [0.3, 0.4) is 0 Å². The minimum absolute atomic E-state index is 0.832. The Morgan fingerprint density at radius 3 is 1.60 bits per heavy atom. The Morgan fingerprint density at radius 2 is 0.889 bits per heavy atom. The van der Waals surface area contributed by atoms with Crippen molar-refractivity contribution in [1.29, 1.82) is 0 Å². The Labute approximate surface area is 260 Å². The second-order valence-corrected chi connectivity index (χ2v) is 11.3. The maximum Gasteiger partial charge on any atom is 0.159 e. The van der Waals surface area contributed by atoms with E-state index >= 15 is 0 Å². The first-order valence-electron chi connectivity index (χ1n) is 15.2. The van der Waals surface area contributed by atoms with Crippen LogP contribution in [0.1, 0.15) is 0 Å². The van der Waals surface area contributed by atoms with Crippen LogP contribution >= 0.6 is 0 Å². The molecule has 9 aromatic rings. The van der Waals surface area contributed by atoms with Crippen molar-refractivity contribution in [2.75, 3.05) is 4.90 Å². The highest BCUT2D eigenvalue weighted by Crippen LogP contribution is 2.47. The van der Waals surface area contributed by atoms with Crippen LogP contribution in [0, 0.1) is 0 Å². The van der Waals surface area contributed by atoms with E-state index in [0.717, 1.165) is 72.1 Å². The van der Waals surface area contributed by atoms with Gasteiger partial charge in [-0.25, -0.2) is 0 Å². The molecule has 0 aliphatic heterocycles. The first-order valence-corrected chi connectivity index (χ1v) is 15.2. The number of anilines is 3. The summed E-state index contributed by atoms with van der Waals surface area (Å²) in [5, 5.41) is 4.29. The van der Waals surface area contributed by atoms with Gasteiger partial charge >= 0.3 is 0 Å². The largest absolute Gasteiger partial charge is 0.456 e. The fourth-order valence-electron chi connectivity index (χ4n) is 6.57. The Balaban J connectivity index is 1.36. The molecule has 0 aliphatic rings. The van der Waals surface area contributed by atoms with Crippen LogP contribution in [0.5, 0.6) is 0 Å². The van der Waals surface area contributed by atoms with Gasteiger partial charge in [0.05, 0.1) is 5.69 Å². The maximum absolute atomic E-state index is 6.83. The van der Waals surface area contributed by atoms with Gasteiger partial charge in [-0.3, -0.25) is 0 Å². The predicted octanol–water partition coefficient (Wildman–Crippen LogP) is 12.3. The second-order valence-electron chi connectivity index (χ2n) is 11.3. The lowest BCUT2D eigenvalue weighted by molar-refractivity contribution is 0.663. The van der Waals surface area contributed by atoms with Crippen molar-refractivity contribution in [3.8, 4) is 22.3 Å². The summed E-state index contributed by atoms with van der Waals surface area (Å²) in [6, 6.07) is 57.2. The average Bonchev–Trinajstić information content (AvgIpc) is 3.68. The third-order valence-electron chi connectivity index (χ3n) is 8.65. The molecular formula is C42H27NO2. The van der Waals surface area contributed by atoms with Crippen molar-refractivity contribution in [2.45, 2.75) is 0 Å². The van der Waals surface area contributed by atoms with E-state index in [1.165, 1.54) is 11.1 Å². The molecule has 0 bridgehead atoms. The number of nitrogens with zero attached hydrogens (tertiary/aromatic N) is 1. The molecular weight excluding hydrogens is 550 g/mol. The van der Waals surface area contributed by atoms with Crippen molar-refractivity contribution in [3.05, 3.63) is 164 Å². The van der Waals surface area contributed by atoms with Gasteiger partial charge in [-0.15, -0.1) is 0 Å². The van der Waals surface area contributed by atoms with Gasteiger partial charge in [-0.2, -0.15) is 0 Å². The van der Waals surface area contributed by atoms with E-state index in [2.05, 4.69) is 138 Å². The number of hydrogen-bond donors (Lipinski definition) is 0. The van der Waals surface area contributed by atoms with Crippen LogP contribution in [0.2, 0.25) is 0 Å². The van der Waals surface area contributed by atoms with Crippen molar-refractivity contribution >= 4 is 60.9 Å². The topological polar surface area (TPSA) is 29.5 Å². The maximum atomic E-state index is 6.83. The highest BCUT2D eigenvalue weighted by molar-refractivity contribution is 6.27. The second kappa shape index (κ2) is 10.3. The highest BCUT2D eigenvalue weighted by Gasteiger charge is 2.23. The molecule has 0 unspecified atom stereocenters. The summed E-state index contributed by atoms with van der Waals surface area (Å²) in [6.45, 7) is 0. The minimum atomic E-state index is 0.832. The van der Waals surface area contributed by atoms with E-state index in [4.69, 9.17) is 8.83 Å². The van der Waals surface area contributed by atoms with Crippen molar-refractivity contribution in [2.24, 2.45) is 0 Å². The molecule has 2 heterocycles. The van der Waals surface area contributed by atoms with Gasteiger partial charge < -0.3 is 13.7 Å². The molecule has 3 nitrogen and oxygen atoms in total. The molecule has 0 aliphatic carbocycles.